The van der Waals surface area contributed by atoms with Crippen molar-refractivity contribution in [3.05, 3.63) is 82.1 Å². The van der Waals surface area contributed by atoms with Crippen molar-refractivity contribution in [2.24, 2.45) is 0 Å². The summed E-state index contributed by atoms with van der Waals surface area (Å²) >= 11 is 11.9. The molecular weight excluding hydrogens is 345 g/mol. The highest BCUT2D eigenvalue weighted by Crippen LogP contribution is 2.22. The molecule has 1 heterocycles. The second-order valence-electron chi connectivity index (χ2n) is 5.31. The van der Waals surface area contributed by atoms with E-state index in [0.717, 1.165) is 13.0 Å². The summed E-state index contributed by atoms with van der Waals surface area (Å²) in [7, 11) is 0. The molecule has 0 bridgehead atoms. The Balaban J connectivity index is 1.62. The largest absolute Gasteiger partial charge is 0.319 e. The van der Waals surface area contributed by atoms with Gasteiger partial charge in [0.2, 0.25) is 0 Å². The predicted molar refractivity (Wildman–Crippen MR) is 96.8 cm³/mol. The van der Waals surface area contributed by atoms with Crippen molar-refractivity contribution in [1.82, 2.24) is 9.78 Å². The van der Waals surface area contributed by atoms with E-state index in [-0.39, 0.29) is 5.91 Å². The highest BCUT2D eigenvalue weighted by Gasteiger charge is 2.12. The summed E-state index contributed by atoms with van der Waals surface area (Å²) in [6, 6.07) is 14.9. The molecule has 0 radical (unpaired) electrons. The van der Waals surface area contributed by atoms with Gasteiger partial charge in [0, 0.05) is 17.8 Å². The van der Waals surface area contributed by atoms with E-state index in [4.69, 9.17) is 23.2 Å². The van der Waals surface area contributed by atoms with Crippen molar-refractivity contribution >= 4 is 34.8 Å². The SMILES string of the molecule is O=C(Nc1cnn(CCc2ccccc2)c1)c1ccc(Cl)cc1Cl. The second-order valence-corrected chi connectivity index (χ2v) is 6.15. The van der Waals surface area contributed by atoms with Gasteiger partial charge in [0.05, 0.1) is 22.5 Å². The second kappa shape index (κ2) is 7.51. The van der Waals surface area contributed by atoms with Crippen molar-refractivity contribution < 1.29 is 4.79 Å². The zero-order valence-corrected chi connectivity index (χ0v) is 14.3. The van der Waals surface area contributed by atoms with Crippen LogP contribution < -0.4 is 5.32 Å². The van der Waals surface area contributed by atoms with Crippen LogP contribution in [0.4, 0.5) is 5.69 Å². The van der Waals surface area contributed by atoms with E-state index < -0.39 is 0 Å². The zero-order valence-electron chi connectivity index (χ0n) is 12.7. The summed E-state index contributed by atoms with van der Waals surface area (Å²) in [5, 5.41) is 7.86. The molecule has 1 aromatic heterocycles. The molecule has 1 amide bonds. The topological polar surface area (TPSA) is 46.9 Å². The summed E-state index contributed by atoms with van der Waals surface area (Å²) in [5.74, 6) is -0.292. The van der Waals surface area contributed by atoms with E-state index >= 15 is 0 Å². The first-order valence-corrected chi connectivity index (χ1v) is 8.20. The average molecular weight is 360 g/mol. The lowest BCUT2D eigenvalue weighted by molar-refractivity contribution is 0.102. The normalized spacial score (nSPS) is 10.6. The van der Waals surface area contributed by atoms with Gasteiger partial charge in [-0.3, -0.25) is 9.48 Å². The number of carbonyl (C=O) groups is 1. The number of anilines is 1. The fourth-order valence-electron chi connectivity index (χ4n) is 2.31. The first-order chi connectivity index (χ1) is 11.6. The number of benzene rings is 2. The third kappa shape index (κ3) is 4.16. The number of amides is 1. The number of carbonyl (C=O) groups excluding carboxylic acids is 1. The Morgan fingerprint density at radius 2 is 1.92 bits per heavy atom. The van der Waals surface area contributed by atoms with Crippen molar-refractivity contribution in [1.29, 1.82) is 0 Å². The van der Waals surface area contributed by atoms with Gasteiger partial charge in [-0.25, -0.2) is 0 Å². The van der Waals surface area contributed by atoms with Crippen LogP contribution in [-0.2, 0) is 13.0 Å². The summed E-state index contributed by atoms with van der Waals surface area (Å²) in [4.78, 5) is 12.3. The lowest BCUT2D eigenvalue weighted by Crippen LogP contribution is -2.12. The van der Waals surface area contributed by atoms with Gasteiger partial charge in [-0.05, 0) is 30.2 Å². The van der Waals surface area contributed by atoms with Gasteiger partial charge in [0.1, 0.15) is 0 Å². The lowest BCUT2D eigenvalue weighted by Gasteiger charge is -2.05. The Morgan fingerprint density at radius 1 is 1.12 bits per heavy atom. The number of aryl methyl sites for hydroxylation is 2. The molecule has 0 unspecified atom stereocenters. The van der Waals surface area contributed by atoms with Crippen LogP contribution in [0, 0.1) is 0 Å². The Morgan fingerprint density at radius 3 is 2.67 bits per heavy atom. The van der Waals surface area contributed by atoms with E-state index in [2.05, 4.69) is 22.5 Å². The average Bonchev–Trinajstić information content (AvgIpc) is 3.01. The molecule has 0 fully saturated rings. The van der Waals surface area contributed by atoms with Crippen LogP contribution in [0.5, 0.6) is 0 Å². The molecule has 2 aromatic carbocycles. The van der Waals surface area contributed by atoms with Crippen LogP contribution in [0.2, 0.25) is 10.0 Å². The maximum atomic E-state index is 12.3. The molecule has 24 heavy (non-hydrogen) atoms. The summed E-state index contributed by atoms with van der Waals surface area (Å²) < 4.78 is 1.80. The van der Waals surface area contributed by atoms with Crippen LogP contribution in [-0.4, -0.2) is 15.7 Å². The van der Waals surface area contributed by atoms with Gasteiger partial charge in [-0.1, -0.05) is 53.5 Å². The van der Waals surface area contributed by atoms with E-state index in [9.17, 15) is 4.79 Å². The summed E-state index contributed by atoms with van der Waals surface area (Å²) in [5.41, 5.74) is 2.24. The van der Waals surface area contributed by atoms with Gasteiger partial charge in [-0.2, -0.15) is 5.10 Å². The number of rotatable bonds is 5. The molecule has 0 saturated carbocycles. The number of halogens is 2. The molecule has 0 atom stereocenters. The molecule has 3 aromatic rings. The van der Waals surface area contributed by atoms with Gasteiger partial charge < -0.3 is 5.32 Å². The van der Waals surface area contributed by atoms with Gasteiger partial charge in [0.25, 0.3) is 5.91 Å². The minimum absolute atomic E-state index is 0.292. The Labute approximate surface area is 150 Å². The lowest BCUT2D eigenvalue weighted by atomic mass is 10.1. The molecular formula is C18H15Cl2N3O. The fourth-order valence-corrected chi connectivity index (χ4v) is 2.81. The summed E-state index contributed by atoms with van der Waals surface area (Å²) in [6.45, 7) is 0.738. The molecule has 0 aliphatic heterocycles. The van der Waals surface area contributed by atoms with Gasteiger partial charge in [-0.15, -0.1) is 0 Å². The van der Waals surface area contributed by atoms with Crippen molar-refractivity contribution in [3.8, 4) is 0 Å². The molecule has 0 aliphatic rings. The van der Waals surface area contributed by atoms with Crippen molar-refractivity contribution in [2.45, 2.75) is 13.0 Å². The highest BCUT2D eigenvalue weighted by molar-refractivity contribution is 6.37. The summed E-state index contributed by atoms with van der Waals surface area (Å²) in [6.07, 6.45) is 4.29. The number of nitrogens with zero attached hydrogens (tertiary/aromatic N) is 2. The fraction of sp³-hybridized carbons (Fsp3) is 0.111. The predicted octanol–water partition coefficient (Wildman–Crippen LogP) is 4.68. The Bertz CT molecular complexity index is 846. The van der Waals surface area contributed by atoms with Crippen LogP contribution in [0.3, 0.4) is 0 Å². The maximum absolute atomic E-state index is 12.3. The number of aromatic nitrogens is 2. The minimum atomic E-state index is -0.292. The Hall–Kier alpha value is -2.30. The molecule has 1 N–H and O–H groups in total. The van der Waals surface area contributed by atoms with Crippen LogP contribution in [0.25, 0.3) is 0 Å². The number of hydrogen-bond donors (Lipinski definition) is 1. The van der Waals surface area contributed by atoms with E-state index in [1.807, 2.05) is 18.2 Å². The third-order valence-corrected chi connectivity index (χ3v) is 4.09. The molecule has 6 heteroatoms. The van der Waals surface area contributed by atoms with Gasteiger partial charge in [0.15, 0.2) is 0 Å². The third-order valence-electron chi connectivity index (χ3n) is 3.54. The molecule has 0 saturated heterocycles. The van der Waals surface area contributed by atoms with E-state index in [1.165, 1.54) is 5.56 Å². The number of hydrogen-bond acceptors (Lipinski definition) is 2. The molecule has 3 rings (SSSR count). The molecule has 0 aliphatic carbocycles. The molecule has 4 nitrogen and oxygen atoms in total. The van der Waals surface area contributed by atoms with Crippen molar-refractivity contribution in [2.75, 3.05) is 5.32 Å². The first kappa shape index (κ1) is 16.6. The smallest absolute Gasteiger partial charge is 0.257 e. The Kier molecular flexibility index (Phi) is 5.18. The quantitative estimate of drug-likeness (QED) is 0.718. The maximum Gasteiger partial charge on any atom is 0.257 e. The van der Waals surface area contributed by atoms with E-state index in [1.54, 1.807) is 35.3 Å². The van der Waals surface area contributed by atoms with E-state index in [0.29, 0.717) is 21.3 Å². The van der Waals surface area contributed by atoms with Crippen LogP contribution in [0.1, 0.15) is 15.9 Å². The zero-order chi connectivity index (χ0) is 16.9. The molecule has 0 spiro atoms. The molecule has 122 valence electrons. The number of nitrogens with one attached hydrogen (secondary N) is 1. The van der Waals surface area contributed by atoms with Crippen molar-refractivity contribution in [3.63, 3.8) is 0 Å². The standard InChI is InChI=1S/C18H15Cl2N3O/c19-14-6-7-16(17(20)10-14)18(24)22-15-11-21-23(12-15)9-8-13-4-2-1-3-5-13/h1-7,10-12H,8-9H2,(H,22,24). The first-order valence-electron chi connectivity index (χ1n) is 7.44. The van der Waals surface area contributed by atoms with Crippen LogP contribution >= 0.6 is 23.2 Å². The minimum Gasteiger partial charge on any atom is -0.319 e. The highest BCUT2D eigenvalue weighted by atomic mass is 35.5. The van der Waals surface area contributed by atoms with Gasteiger partial charge >= 0.3 is 0 Å². The monoisotopic (exact) mass is 359 g/mol. The van der Waals surface area contributed by atoms with Crippen LogP contribution in [0.15, 0.2) is 60.9 Å².